The molecule has 14 heavy (non-hydrogen) atoms. The molecule has 0 heterocycles. The average molecular weight is 193 g/mol. The Balaban J connectivity index is 2.64. The zero-order valence-corrected chi connectivity index (χ0v) is 8.96. The number of benzene rings is 1. The first-order valence-corrected chi connectivity index (χ1v) is 5.30. The summed E-state index contributed by atoms with van der Waals surface area (Å²) in [5, 5.41) is 12.6. The van der Waals surface area contributed by atoms with Crippen molar-refractivity contribution in [1.29, 1.82) is 0 Å². The van der Waals surface area contributed by atoms with Crippen LogP contribution in [0.2, 0.25) is 0 Å². The van der Waals surface area contributed by atoms with E-state index in [1.165, 1.54) is 5.56 Å². The van der Waals surface area contributed by atoms with Crippen LogP contribution in [-0.4, -0.2) is 11.7 Å². The van der Waals surface area contributed by atoms with Gasteiger partial charge in [-0.05, 0) is 37.1 Å². The number of hydrogen-bond donors (Lipinski definition) is 2. The molecular weight excluding hydrogens is 174 g/mol. The summed E-state index contributed by atoms with van der Waals surface area (Å²) in [4.78, 5) is 0. The largest absolute Gasteiger partial charge is 0.508 e. The monoisotopic (exact) mass is 193 g/mol. The molecule has 78 valence electrons. The predicted octanol–water partition coefficient (Wildman–Crippen LogP) is 2.84. The topological polar surface area (TPSA) is 32.3 Å². The smallest absolute Gasteiger partial charge is 0.115 e. The molecule has 1 unspecified atom stereocenters. The van der Waals surface area contributed by atoms with E-state index in [1.54, 1.807) is 12.1 Å². The fourth-order valence-electron chi connectivity index (χ4n) is 1.52. The molecule has 0 fully saturated rings. The van der Waals surface area contributed by atoms with Gasteiger partial charge in [-0.2, -0.15) is 0 Å². The molecule has 2 heteroatoms. The van der Waals surface area contributed by atoms with E-state index in [9.17, 15) is 0 Å². The van der Waals surface area contributed by atoms with E-state index in [0.717, 1.165) is 19.4 Å². The van der Waals surface area contributed by atoms with Crippen LogP contribution in [-0.2, 0) is 0 Å². The molecule has 0 saturated heterocycles. The first-order chi connectivity index (χ1) is 6.77. The summed E-state index contributed by atoms with van der Waals surface area (Å²) in [5.41, 5.74) is 1.25. The highest BCUT2D eigenvalue weighted by molar-refractivity contribution is 5.27. The lowest BCUT2D eigenvalue weighted by Crippen LogP contribution is -2.21. The number of nitrogens with one attached hydrogen (secondary N) is 1. The average Bonchev–Trinajstić information content (AvgIpc) is 2.21. The molecule has 0 saturated carbocycles. The molecule has 0 aliphatic carbocycles. The van der Waals surface area contributed by atoms with Gasteiger partial charge in [-0.15, -0.1) is 0 Å². The molecule has 0 aliphatic rings. The first-order valence-electron chi connectivity index (χ1n) is 5.30. The van der Waals surface area contributed by atoms with E-state index < -0.39 is 0 Å². The molecule has 0 bridgehead atoms. The molecule has 2 N–H and O–H groups in total. The normalized spacial score (nSPS) is 12.7. The van der Waals surface area contributed by atoms with Gasteiger partial charge in [0.25, 0.3) is 0 Å². The Bertz CT molecular complexity index is 256. The van der Waals surface area contributed by atoms with Gasteiger partial charge < -0.3 is 10.4 Å². The zero-order valence-electron chi connectivity index (χ0n) is 8.96. The van der Waals surface area contributed by atoms with E-state index in [2.05, 4.69) is 19.2 Å². The Morgan fingerprint density at radius 2 is 1.86 bits per heavy atom. The van der Waals surface area contributed by atoms with Crippen molar-refractivity contribution in [2.75, 3.05) is 6.54 Å². The highest BCUT2D eigenvalue weighted by atomic mass is 16.3. The van der Waals surface area contributed by atoms with Gasteiger partial charge >= 0.3 is 0 Å². The van der Waals surface area contributed by atoms with Crippen LogP contribution in [0.25, 0.3) is 0 Å². The molecule has 1 rings (SSSR count). The molecular formula is C12H19NO. The van der Waals surface area contributed by atoms with E-state index in [0.29, 0.717) is 11.8 Å². The number of phenolic OH excluding ortho intramolecular Hbond substituents is 1. The molecule has 0 aromatic heterocycles. The SMILES string of the molecule is CCCNC(CC)c1ccc(O)cc1. The highest BCUT2D eigenvalue weighted by Gasteiger charge is 2.06. The Hall–Kier alpha value is -1.02. The van der Waals surface area contributed by atoms with Gasteiger partial charge in [0.05, 0.1) is 0 Å². The zero-order chi connectivity index (χ0) is 10.4. The summed E-state index contributed by atoms with van der Waals surface area (Å²) in [6, 6.07) is 7.85. The van der Waals surface area contributed by atoms with Gasteiger partial charge in [0, 0.05) is 6.04 Å². The molecule has 0 spiro atoms. The van der Waals surface area contributed by atoms with Gasteiger partial charge in [-0.25, -0.2) is 0 Å². The van der Waals surface area contributed by atoms with Gasteiger partial charge in [0.1, 0.15) is 5.75 Å². The second kappa shape index (κ2) is 5.66. The van der Waals surface area contributed by atoms with Crippen LogP contribution in [0.4, 0.5) is 0 Å². The van der Waals surface area contributed by atoms with Crippen molar-refractivity contribution in [3.63, 3.8) is 0 Å². The summed E-state index contributed by atoms with van der Waals surface area (Å²) < 4.78 is 0. The number of phenols is 1. The molecule has 0 aliphatic heterocycles. The van der Waals surface area contributed by atoms with Crippen molar-refractivity contribution in [1.82, 2.24) is 5.32 Å². The third kappa shape index (κ3) is 3.04. The fraction of sp³-hybridized carbons (Fsp3) is 0.500. The van der Waals surface area contributed by atoms with Crippen molar-refractivity contribution < 1.29 is 5.11 Å². The molecule has 0 amide bonds. The predicted molar refractivity (Wildman–Crippen MR) is 59.4 cm³/mol. The summed E-state index contributed by atoms with van der Waals surface area (Å²) in [7, 11) is 0. The van der Waals surface area contributed by atoms with Gasteiger partial charge in [-0.3, -0.25) is 0 Å². The van der Waals surface area contributed by atoms with Crippen LogP contribution in [0, 0.1) is 0 Å². The van der Waals surface area contributed by atoms with Crippen molar-refractivity contribution >= 4 is 0 Å². The van der Waals surface area contributed by atoms with E-state index >= 15 is 0 Å². The number of hydrogen-bond acceptors (Lipinski definition) is 2. The molecule has 1 aromatic carbocycles. The molecule has 1 atom stereocenters. The number of aromatic hydroxyl groups is 1. The standard InChI is InChI=1S/C12H19NO/c1-3-9-13-12(4-2)10-5-7-11(14)8-6-10/h5-8,12-14H,3-4,9H2,1-2H3. The maximum Gasteiger partial charge on any atom is 0.115 e. The Morgan fingerprint density at radius 3 is 2.36 bits per heavy atom. The lowest BCUT2D eigenvalue weighted by atomic mass is 10.0. The number of rotatable bonds is 5. The van der Waals surface area contributed by atoms with Crippen LogP contribution in [0.1, 0.15) is 38.3 Å². The lowest BCUT2D eigenvalue weighted by molar-refractivity contribution is 0.473. The molecule has 0 radical (unpaired) electrons. The fourth-order valence-corrected chi connectivity index (χ4v) is 1.52. The van der Waals surface area contributed by atoms with E-state index in [-0.39, 0.29) is 0 Å². The Morgan fingerprint density at radius 1 is 1.21 bits per heavy atom. The molecule has 2 nitrogen and oxygen atoms in total. The van der Waals surface area contributed by atoms with Gasteiger partial charge in [0.2, 0.25) is 0 Å². The van der Waals surface area contributed by atoms with Crippen molar-refractivity contribution in [3.8, 4) is 5.75 Å². The van der Waals surface area contributed by atoms with Gasteiger partial charge in [-0.1, -0.05) is 26.0 Å². The minimum absolute atomic E-state index is 0.332. The summed E-state index contributed by atoms with van der Waals surface area (Å²) >= 11 is 0. The summed E-state index contributed by atoms with van der Waals surface area (Å²) in [6.45, 7) is 5.37. The van der Waals surface area contributed by atoms with Crippen LogP contribution in [0.15, 0.2) is 24.3 Å². The summed E-state index contributed by atoms with van der Waals surface area (Å²) in [5.74, 6) is 0.332. The Kier molecular flexibility index (Phi) is 4.47. The second-order valence-electron chi connectivity index (χ2n) is 3.51. The minimum Gasteiger partial charge on any atom is -0.508 e. The quantitative estimate of drug-likeness (QED) is 0.753. The van der Waals surface area contributed by atoms with Crippen LogP contribution >= 0.6 is 0 Å². The van der Waals surface area contributed by atoms with Crippen molar-refractivity contribution in [2.24, 2.45) is 0 Å². The van der Waals surface area contributed by atoms with Crippen molar-refractivity contribution in [2.45, 2.75) is 32.7 Å². The molecule has 1 aromatic rings. The third-order valence-corrected chi connectivity index (χ3v) is 2.34. The minimum atomic E-state index is 0.332. The second-order valence-corrected chi connectivity index (χ2v) is 3.51. The maximum atomic E-state index is 9.17. The van der Waals surface area contributed by atoms with Crippen LogP contribution < -0.4 is 5.32 Å². The van der Waals surface area contributed by atoms with Crippen LogP contribution in [0.5, 0.6) is 5.75 Å². The third-order valence-electron chi connectivity index (χ3n) is 2.34. The van der Waals surface area contributed by atoms with E-state index in [1.807, 2.05) is 12.1 Å². The van der Waals surface area contributed by atoms with Gasteiger partial charge in [0.15, 0.2) is 0 Å². The first kappa shape index (κ1) is 11.1. The highest BCUT2D eigenvalue weighted by Crippen LogP contribution is 2.19. The van der Waals surface area contributed by atoms with E-state index in [4.69, 9.17) is 5.11 Å². The van der Waals surface area contributed by atoms with Crippen LogP contribution in [0.3, 0.4) is 0 Å². The maximum absolute atomic E-state index is 9.17. The summed E-state index contributed by atoms with van der Waals surface area (Å²) in [6.07, 6.45) is 2.22. The van der Waals surface area contributed by atoms with Crippen molar-refractivity contribution in [3.05, 3.63) is 29.8 Å². The Labute approximate surface area is 86.0 Å². The lowest BCUT2D eigenvalue weighted by Gasteiger charge is -2.16.